The fraction of sp³-hybridized carbons (Fsp3) is 0.700. The number of aromatic nitrogens is 1. The molecule has 0 saturated heterocycles. The Morgan fingerprint density at radius 2 is 1.92 bits per heavy atom. The van der Waals surface area contributed by atoms with E-state index in [1.165, 1.54) is 4.74 Å². The van der Waals surface area contributed by atoms with Gasteiger partial charge in [-0.3, -0.25) is 4.79 Å². The summed E-state index contributed by atoms with van der Waals surface area (Å²) in [6.07, 6.45) is 0.767. The summed E-state index contributed by atoms with van der Waals surface area (Å²) in [6, 6.07) is 0. The minimum Gasteiger partial charge on any atom is -0.381 e. The predicted octanol–water partition coefficient (Wildman–Crippen LogP) is 1.84. The lowest BCUT2D eigenvalue weighted by atomic mass is 9.87. The molecule has 0 radical (unpaired) electrons. The van der Waals surface area contributed by atoms with Crippen LogP contribution in [0.5, 0.6) is 0 Å². The zero-order valence-electron chi connectivity index (χ0n) is 8.97. The average Bonchev–Trinajstić information content (AvgIpc) is 2.26. The molecule has 1 aromatic rings. The van der Waals surface area contributed by atoms with Crippen molar-refractivity contribution in [3.63, 3.8) is 0 Å². The van der Waals surface area contributed by atoms with Crippen molar-refractivity contribution in [1.29, 1.82) is 0 Å². The molecule has 0 aliphatic carbocycles. The first kappa shape index (κ1) is 10.1. The van der Waals surface area contributed by atoms with Crippen LogP contribution in [0.15, 0.2) is 9.32 Å². The molecular weight excluding hydrogens is 166 g/mol. The molecule has 3 heteroatoms. The third-order valence-electron chi connectivity index (χ3n) is 2.10. The highest BCUT2D eigenvalue weighted by molar-refractivity contribution is 5.22. The molecule has 0 amide bonds. The van der Waals surface area contributed by atoms with Crippen LogP contribution in [-0.4, -0.2) is 4.74 Å². The van der Waals surface area contributed by atoms with Gasteiger partial charge < -0.3 is 4.52 Å². The van der Waals surface area contributed by atoms with E-state index >= 15 is 0 Å². The van der Waals surface area contributed by atoms with Gasteiger partial charge in [0.1, 0.15) is 5.76 Å². The van der Waals surface area contributed by atoms with E-state index in [1.807, 2.05) is 27.7 Å². The Labute approximate surface area is 78.3 Å². The minimum atomic E-state index is -0.132. The van der Waals surface area contributed by atoms with Gasteiger partial charge in [0.2, 0.25) is 0 Å². The van der Waals surface area contributed by atoms with Crippen molar-refractivity contribution in [2.24, 2.45) is 7.05 Å². The number of hydrogen-bond donors (Lipinski definition) is 0. The molecule has 1 aromatic heterocycles. The molecule has 1 heterocycles. The van der Waals surface area contributed by atoms with Gasteiger partial charge in [-0.25, -0.2) is 0 Å². The Hall–Kier alpha value is -0.990. The van der Waals surface area contributed by atoms with Gasteiger partial charge in [0, 0.05) is 13.5 Å². The predicted molar refractivity (Wildman–Crippen MR) is 52.0 cm³/mol. The van der Waals surface area contributed by atoms with Crippen LogP contribution in [-0.2, 0) is 18.9 Å². The van der Waals surface area contributed by atoms with Gasteiger partial charge in [0.25, 0.3) is 5.56 Å². The van der Waals surface area contributed by atoms with E-state index in [0.29, 0.717) is 0 Å². The standard InChI is InChI=1S/C10H17NO2/c1-6-7-8(10(2,3)4)9(12)11(5)13-7/h6H2,1-5H3. The van der Waals surface area contributed by atoms with Crippen LogP contribution in [0.1, 0.15) is 39.0 Å². The maximum absolute atomic E-state index is 11.7. The summed E-state index contributed by atoms with van der Waals surface area (Å²) >= 11 is 0. The van der Waals surface area contributed by atoms with Crippen molar-refractivity contribution in [1.82, 2.24) is 4.74 Å². The van der Waals surface area contributed by atoms with Gasteiger partial charge in [-0.2, -0.15) is 4.74 Å². The molecule has 0 bridgehead atoms. The van der Waals surface area contributed by atoms with Crippen molar-refractivity contribution in [2.75, 3.05) is 0 Å². The minimum absolute atomic E-state index is 0.00986. The first-order valence-corrected chi connectivity index (χ1v) is 4.57. The molecule has 0 atom stereocenters. The van der Waals surface area contributed by atoms with Crippen molar-refractivity contribution in [2.45, 2.75) is 39.5 Å². The molecule has 0 aliphatic heterocycles. The molecule has 0 aromatic carbocycles. The fourth-order valence-electron chi connectivity index (χ4n) is 1.51. The SMILES string of the molecule is CCc1on(C)c(=O)c1C(C)(C)C. The third kappa shape index (κ3) is 1.69. The summed E-state index contributed by atoms with van der Waals surface area (Å²) in [5.74, 6) is 0.806. The van der Waals surface area contributed by atoms with Crippen LogP contribution in [0.25, 0.3) is 0 Å². The largest absolute Gasteiger partial charge is 0.381 e. The molecule has 0 fully saturated rings. The number of aryl methyl sites for hydroxylation is 2. The smallest absolute Gasteiger partial charge is 0.286 e. The Bertz CT molecular complexity index is 352. The maximum Gasteiger partial charge on any atom is 0.286 e. The highest BCUT2D eigenvalue weighted by Crippen LogP contribution is 2.23. The Balaban J connectivity index is 3.42. The van der Waals surface area contributed by atoms with Crippen molar-refractivity contribution in [3.05, 3.63) is 21.7 Å². The molecule has 74 valence electrons. The van der Waals surface area contributed by atoms with Crippen LogP contribution in [0.2, 0.25) is 0 Å². The second-order valence-electron chi connectivity index (χ2n) is 4.30. The van der Waals surface area contributed by atoms with Crippen LogP contribution in [0, 0.1) is 0 Å². The van der Waals surface area contributed by atoms with E-state index in [4.69, 9.17) is 4.52 Å². The normalized spacial score (nSPS) is 12.1. The Kier molecular flexibility index (Phi) is 2.37. The van der Waals surface area contributed by atoms with Gasteiger partial charge in [0.05, 0.1) is 5.56 Å². The summed E-state index contributed by atoms with van der Waals surface area (Å²) < 4.78 is 6.63. The third-order valence-corrected chi connectivity index (χ3v) is 2.10. The van der Waals surface area contributed by atoms with Crippen LogP contribution in [0.3, 0.4) is 0 Å². The van der Waals surface area contributed by atoms with E-state index in [9.17, 15) is 4.79 Å². The van der Waals surface area contributed by atoms with Gasteiger partial charge in [0.15, 0.2) is 0 Å². The summed E-state index contributed by atoms with van der Waals surface area (Å²) in [5, 5.41) is 0. The molecule has 3 nitrogen and oxygen atoms in total. The summed E-state index contributed by atoms with van der Waals surface area (Å²) in [4.78, 5) is 11.7. The van der Waals surface area contributed by atoms with Crippen LogP contribution in [0.4, 0.5) is 0 Å². The van der Waals surface area contributed by atoms with Crippen LogP contribution >= 0.6 is 0 Å². The highest BCUT2D eigenvalue weighted by Gasteiger charge is 2.25. The first-order valence-electron chi connectivity index (χ1n) is 4.57. The van der Waals surface area contributed by atoms with Gasteiger partial charge in [-0.1, -0.05) is 27.7 Å². The summed E-state index contributed by atoms with van der Waals surface area (Å²) in [7, 11) is 1.65. The van der Waals surface area contributed by atoms with E-state index < -0.39 is 0 Å². The van der Waals surface area contributed by atoms with E-state index in [-0.39, 0.29) is 11.0 Å². The molecule has 0 N–H and O–H groups in total. The van der Waals surface area contributed by atoms with Crippen molar-refractivity contribution < 1.29 is 4.52 Å². The zero-order chi connectivity index (χ0) is 10.2. The lowest BCUT2D eigenvalue weighted by Crippen LogP contribution is -2.24. The van der Waals surface area contributed by atoms with Crippen molar-refractivity contribution in [3.8, 4) is 0 Å². The lowest BCUT2D eigenvalue weighted by Gasteiger charge is -2.15. The molecule has 1 rings (SSSR count). The van der Waals surface area contributed by atoms with E-state index in [1.54, 1.807) is 7.05 Å². The fourth-order valence-corrected chi connectivity index (χ4v) is 1.51. The van der Waals surface area contributed by atoms with Gasteiger partial charge in [-0.05, 0) is 5.41 Å². The Morgan fingerprint density at radius 3 is 2.23 bits per heavy atom. The topological polar surface area (TPSA) is 35.1 Å². The summed E-state index contributed by atoms with van der Waals surface area (Å²) in [6.45, 7) is 8.07. The molecular formula is C10H17NO2. The monoisotopic (exact) mass is 183 g/mol. The second-order valence-corrected chi connectivity index (χ2v) is 4.30. The maximum atomic E-state index is 11.7. The number of rotatable bonds is 1. The number of nitrogens with zero attached hydrogens (tertiary/aromatic N) is 1. The first-order chi connectivity index (χ1) is 5.88. The molecule has 0 spiro atoms. The lowest BCUT2D eigenvalue weighted by molar-refractivity contribution is 0.276. The van der Waals surface area contributed by atoms with Crippen molar-refractivity contribution >= 4 is 0 Å². The molecule has 0 unspecified atom stereocenters. The quantitative estimate of drug-likeness (QED) is 0.666. The average molecular weight is 183 g/mol. The van der Waals surface area contributed by atoms with Crippen LogP contribution < -0.4 is 5.56 Å². The second kappa shape index (κ2) is 3.05. The summed E-state index contributed by atoms with van der Waals surface area (Å²) in [5.41, 5.74) is 0.662. The highest BCUT2D eigenvalue weighted by atomic mass is 16.5. The van der Waals surface area contributed by atoms with Gasteiger partial charge in [-0.15, -0.1) is 0 Å². The molecule has 0 saturated carbocycles. The van der Waals surface area contributed by atoms with E-state index in [2.05, 4.69) is 0 Å². The van der Waals surface area contributed by atoms with E-state index in [0.717, 1.165) is 17.7 Å². The Morgan fingerprint density at radius 1 is 1.38 bits per heavy atom. The zero-order valence-corrected chi connectivity index (χ0v) is 8.97. The van der Waals surface area contributed by atoms with Gasteiger partial charge >= 0.3 is 0 Å². The molecule has 0 aliphatic rings. The number of hydrogen-bond acceptors (Lipinski definition) is 2. The molecule has 13 heavy (non-hydrogen) atoms.